The first-order valence-electron chi connectivity index (χ1n) is 8.50. The van der Waals surface area contributed by atoms with Gasteiger partial charge >= 0.3 is 0 Å². The van der Waals surface area contributed by atoms with Gasteiger partial charge in [-0.2, -0.15) is 0 Å². The lowest BCUT2D eigenvalue weighted by Crippen LogP contribution is -2.51. The average Bonchev–Trinajstić information content (AvgIpc) is 2.91. The summed E-state index contributed by atoms with van der Waals surface area (Å²) in [6.07, 6.45) is 0.929. The second-order valence-corrected chi connectivity index (χ2v) is 8.79. The average molecular weight is 370 g/mol. The Bertz CT molecular complexity index is 975. The summed E-state index contributed by atoms with van der Waals surface area (Å²) in [5.41, 5.74) is 1.97. The Morgan fingerprint density at radius 2 is 1.84 bits per heavy atom. The lowest BCUT2D eigenvalue weighted by atomic mass is 9.80. The van der Waals surface area contributed by atoms with E-state index in [0.717, 1.165) is 22.2 Å². The van der Waals surface area contributed by atoms with Crippen molar-refractivity contribution in [3.8, 4) is 0 Å². The number of fused-ring (bicyclic) bond motifs is 2. The first kappa shape index (κ1) is 16.6. The van der Waals surface area contributed by atoms with E-state index in [4.69, 9.17) is 11.6 Å². The Balaban J connectivity index is 1.88. The third-order valence-corrected chi connectivity index (χ3v) is 6.72. The Morgan fingerprint density at radius 1 is 1.16 bits per heavy atom. The van der Waals surface area contributed by atoms with E-state index in [-0.39, 0.29) is 11.4 Å². The van der Waals surface area contributed by atoms with Gasteiger partial charge < -0.3 is 4.90 Å². The van der Waals surface area contributed by atoms with Gasteiger partial charge in [-0.3, -0.25) is 4.79 Å². The molecular weight excluding hydrogens is 350 g/mol. The Kier molecular flexibility index (Phi) is 3.89. The molecule has 25 heavy (non-hydrogen) atoms. The molecule has 128 valence electrons. The second-order valence-electron chi connectivity index (χ2n) is 7.36. The van der Waals surface area contributed by atoms with Gasteiger partial charge in [0.1, 0.15) is 4.88 Å². The maximum atomic E-state index is 13.5. The van der Waals surface area contributed by atoms with Gasteiger partial charge in [0.25, 0.3) is 5.91 Å². The topological polar surface area (TPSA) is 20.3 Å². The van der Waals surface area contributed by atoms with Crippen molar-refractivity contribution in [3.63, 3.8) is 0 Å². The van der Waals surface area contributed by atoms with Crippen LogP contribution in [0.1, 0.15) is 48.3 Å². The number of rotatable bonds is 1. The number of benzene rings is 2. The molecule has 1 aliphatic heterocycles. The molecule has 0 spiro atoms. The number of carbonyl (C=O) groups is 1. The summed E-state index contributed by atoms with van der Waals surface area (Å²) in [5.74, 6) is 0.420. The van der Waals surface area contributed by atoms with Crippen LogP contribution in [0, 0.1) is 0 Å². The van der Waals surface area contributed by atoms with Crippen LogP contribution in [0.3, 0.4) is 0 Å². The van der Waals surface area contributed by atoms with Crippen LogP contribution < -0.4 is 4.90 Å². The van der Waals surface area contributed by atoms with Crippen molar-refractivity contribution < 1.29 is 4.79 Å². The van der Waals surface area contributed by atoms with E-state index in [2.05, 4.69) is 26.8 Å². The molecule has 1 aromatic heterocycles. The maximum Gasteiger partial charge on any atom is 0.270 e. The number of amides is 1. The van der Waals surface area contributed by atoms with E-state index in [9.17, 15) is 4.79 Å². The standard InChI is InChI=1S/C21H20ClNOS/c1-13-12-21(2,3)23(16-10-6-4-8-14(13)16)20(24)19-18(22)15-9-5-7-11-17(15)25-19/h4-11,13H,12H2,1-3H3/t13-/m0/s1. The van der Waals surface area contributed by atoms with Gasteiger partial charge in [-0.25, -0.2) is 0 Å². The fourth-order valence-corrected chi connectivity index (χ4v) is 5.46. The smallest absolute Gasteiger partial charge is 0.270 e. The number of para-hydroxylation sites is 1. The van der Waals surface area contributed by atoms with Gasteiger partial charge in [-0.05, 0) is 43.9 Å². The van der Waals surface area contributed by atoms with Crippen molar-refractivity contribution in [2.24, 2.45) is 0 Å². The van der Waals surface area contributed by atoms with Gasteiger partial charge in [0.05, 0.1) is 5.02 Å². The van der Waals surface area contributed by atoms with Crippen molar-refractivity contribution >= 4 is 44.6 Å². The number of thiophene rings is 1. The first-order valence-corrected chi connectivity index (χ1v) is 9.70. The minimum Gasteiger partial charge on any atom is -0.302 e. The fourth-order valence-electron chi connectivity index (χ4n) is 4.02. The maximum absolute atomic E-state index is 13.5. The molecule has 3 aromatic rings. The molecule has 0 saturated heterocycles. The highest BCUT2D eigenvalue weighted by Crippen LogP contribution is 2.45. The molecule has 0 aliphatic carbocycles. The van der Waals surface area contributed by atoms with Crippen LogP contribution in [0.4, 0.5) is 5.69 Å². The van der Waals surface area contributed by atoms with Crippen molar-refractivity contribution in [1.82, 2.24) is 0 Å². The van der Waals surface area contributed by atoms with Crippen LogP contribution in [-0.4, -0.2) is 11.4 Å². The number of anilines is 1. The molecule has 1 atom stereocenters. The molecule has 1 amide bonds. The van der Waals surface area contributed by atoms with Crippen LogP contribution in [0.2, 0.25) is 5.02 Å². The molecule has 0 radical (unpaired) electrons. The van der Waals surface area contributed by atoms with Gasteiger partial charge in [0.15, 0.2) is 0 Å². The normalized spacial score (nSPS) is 19.0. The lowest BCUT2D eigenvalue weighted by Gasteiger charge is -2.45. The van der Waals surface area contributed by atoms with Crippen LogP contribution >= 0.6 is 22.9 Å². The summed E-state index contributed by atoms with van der Waals surface area (Å²) in [6, 6.07) is 16.1. The molecule has 2 aromatic carbocycles. The molecule has 0 N–H and O–H groups in total. The monoisotopic (exact) mass is 369 g/mol. The van der Waals surface area contributed by atoms with E-state index in [1.54, 1.807) is 0 Å². The highest BCUT2D eigenvalue weighted by atomic mass is 35.5. The quantitative estimate of drug-likeness (QED) is 0.480. The minimum atomic E-state index is -0.260. The van der Waals surface area contributed by atoms with E-state index in [1.165, 1.54) is 16.9 Å². The van der Waals surface area contributed by atoms with Crippen molar-refractivity contribution in [3.05, 3.63) is 64.0 Å². The summed E-state index contributed by atoms with van der Waals surface area (Å²) in [6.45, 7) is 6.51. The predicted molar refractivity (Wildman–Crippen MR) is 107 cm³/mol. The third kappa shape index (κ3) is 2.57. The Morgan fingerprint density at radius 3 is 2.60 bits per heavy atom. The van der Waals surface area contributed by atoms with E-state index in [1.807, 2.05) is 47.4 Å². The molecule has 0 unspecified atom stereocenters. The predicted octanol–water partition coefficient (Wildman–Crippen LogP) is 6.49. The van der Waals surface area contributed by atoms with Gasteiger partial charge in [-0.1, -0.05) is 54.9 Å². The van der Waals surface area contributed by atoms with Crippen molar-refractivity contribution in [1.29, 1.82) is 0 Å². The third-order valence-electron chi connectivity index (χ3n) is 5.05. The van der Waals surface area contributed by atoms with Crippen molar-refractivity contribution in [2.75, 3.05) is 4.90 Å². The summed E-state index contributed by atoms with van der Waals surface area (Å²) >= 11 is 8.06. The van der Waals surface area contributed by atoms with Crippen LogP contribution in [0.5, 0.6) is 0 Å². The zero-order chi connectivity index (χ0) is 17.8. The zero-order valence-corrected chi connectivity index (χ0v) is 16.1. The zero-order valence-electron chi connectivity index (χ0n) is 14.5. The molecule has 0 bridgehead atoms. The largest absolute Gasteiger partial charge is 0.302 e. The molecule has 4 rings (SSSR count). The number of hydrogen-bond acceptors (Lipinski definition) is 2. The summed E-state index contributed by atoms with van der Waals surface area (Å²) in [5, 5.41) is 1.52. The Hall–Kier alpha value is -1.84. The number of carbonyl (C=O) groups excluding carboxylic acids is 1. The van der Waals surface area contributed by atoms with Gasteiger partial charge in [0.2, 0.25) is 0 Å². The van der Waals surface area contributed by atoms with Crippen LogP contribution in [0.25, 0.3) is 10.1 Å². The molecule has 2 nitrogen and oxygen atoms in total. The van der Waals surface area contributed by atoms with Gasteiger partial charge in [0, 0.05) is 21.3 Å². The molecule has 1 aliphatic rings. The molecule has 0 saturated carbocycles. The number of halogens is 1. The summed E-state index contributed by atoms with van der Waals surface area (Å²) in [7, 11) is 0. The Labute approximate surface area is 157 Å². The van der Waals surface area contributed by atoms with E-state index < -0.39 is 0 Å². The number of nitrogens with zero attached hydrogens (tertiary/aromatic N) is 1. The van der Waals surface area contributed by atoms with Crippen molar-refractivity contribution in [2.45, 2.75) is 38.6 Å². The lowest BCUT2D eigenvalue weighted by molar-refractivity contribution is 0.0958. The van der Waals surface area contributed by atoms with E-state index in [0.29, 0.717) is 15.8 Å². The SMILES string of the molecule is C[C@H]1CC(C)(C)N(C(=O)c2sc3ccccc3c2Cl)c2ccccc21. The molecule has 0 fully saturated rings. The second kappa shape index (κ2) is 5.86. The molecular formula is C21H20ClNOS. The summed E-state index contributed by atoms with van der Waals surface area (Å²) < 4.78 is 1.05. The highest BCUT2D eigenvalue weighted by molar-refractivity contribution is 7.21. The highest BCUT2D eigenvalue weighted by Gasteiger charge is 2.41. The molecule has 4 heteroatoms. The first-order chi connectivity index (χ1) is 11.9. The van der Waals surface area contributed by atoms with Crippen LogP contribution in [0.15, 0.2) is 48.5 Å². The number of hydrogen-bond donors (Lipinski definition) is 0. The fraction of sp³-hybridized carbons (Fsp3) is 0.286. The molecule has 2 heterocycles. The van der Waals surface area contributed by atoms with E-state index >= 15 is 0 Å². The minimum absolute atomic E-state index is 0.00412. The van der Waals surface area contributed by atoms with Gasteiger partial charge in [-0.15, -0.1) is 11.3 Å². The van der Waals surface area contributed by atoms with Crippen LogP contribution in [-0.2, 0) is 0 Å². The summed E-state index contributed by atoms with van der Waals surface area (Å²) in [4.78, 5) is 16.1.